The maximum atomic E-state index is 11.9. The number of hydrogen-bond donors (Lipinski definition) is 0. The molecule has 1 aliphatic heterocycles. The second-order valence-electron chi connectivity index (χ2n) is 3.63. The van der Waals surface area contributed by atoms with Gasteiger partial charge in [0.05, 0.1) is 13.2 Å². The van der Waals surface area contributed by atoms with E-state index in [1.807, 2.05) is 13.8 Å². The smallest absolute Gasteiger partial charge is 0.282 e. The van der Waals surface area contributed by atoms with Gasteiger partial charge in [-0.05, 0) is 13.8 Å². The third-order valence-corrected chi connectivity index (χ3v) is 4.55. The fraction of sp³-hybridized carbons (Fsp3) is 1.00. The van der Waals surface area contributed by atoms with Crippen molar-refractivity contribution in [3.63, 3.8) is 0 Å². The molecule has 1 heterocycles. The fourth-order valence-electron chi connectivity index (χ4n) is 1.23. The molecular formula is C8H18N2O3S. The maximum Gasteiger partial charge on any atom is 0.282 e. The highest BCUT2D eigenvalue weighted by Gasteiger charge is 2.29. The van der Waals surface area contributed by atoms with Gasteiger partial charge in [0.1, 0.15) is 0 Å². The normalized spacial score (nSPS) is 20.6. The minimum Gasteiger partial charge on any atom is -0.379 e. The van der Waals surface area contributed by atoms with Crippen molar-refractivity contribution >= 4 is 10.2 Å². The first-order valence-corrected chi connectivity index (χ1v) is 6.17. The van der Waals surface area contributed by atoms with Crippen LogP contribution in [0.2, 0.25) is 0 Å². The minimum absolute atomic E-state index is 0.0113. The molecule has 0 saturated carbocycles. The predicted octanol–water partition coefficient (Wildman–Crippen LogP) is -0.0964. The third kappa shape index (κ3) is 2.44. The van der Waals surface area contributed by atoms with E-state index >= 15 is 0 Å². The quantitative estimate of drug-likeness (QED) is 0.670. The van der Waals surface area contributed by atoms with Crippen LogP contribution in [0.15, 0.2) is 0 Å². The van der Waals surface area contributed by atoms with Crippen LogP contribution in [0, 0.1) is 0 Å². The number of morpholine rings is 1. The summed E-state index contributed by atoms with van der Waals surface area (Å²) in [4.78, 5) is 0. The first kappa shape index (κ1) is 11.9. The van der Waals surface area contributed by atoms with Crippen molar-refractivity contribution in [3.05, 3.63) is 0 Å². The van der Waals surface area contributed by atoms with E-state index in [4.69, 9.17) is 4.74 Å². The van der Waals surface area contributed by atoms with Crippen LogP contribution in [0.1, 0.15) is 13.8 Å². The van der Waals surface area contributed by atoms with Gasteiger partial charge >= 0.3 is 0 Å². The van der Waals surface area contributed by atoms with Crippen LogP contribution >= 0.6 is 0 Å². The molecule has 5 nitrogen and oxygen atoms in total. The molecule has 0 aromatic heterocycles. The second kappa shape index (κ2) is 4.57. The molecule has 0 atom stereocenters. The monoisotopic (exact) mass is 222 g/mol. The molecule has 0 aliphatic carbocycles. The summed E-state index contributed by atoms with van der Waals surface area (Å²) in [7, 11) is -1.67. The molecule has 0 unspecified atom stereocenters. The van der Waals surface area contributed by atoms with E-state index < -0.39 is 10.2 Å². The van der Waals surface area contributed by atoms with Crippen molar-refractivity contribution in [1.29, 1.82) is 0 Å². The summed E-state index contributed by atoms with van der Waals surface area (Å²) >= 11 is 0. The molecule has 1 saturated heterocycles. The second-order valence-corrected chi connectivity index (χ2v) is 5.62. The van der Waals surface area contributed by atoms with Crippen molar-refractivity contribution in [3.8, 4) is 0 Å². The fourth-order valence-corrected chi connectivity index (χ4v) is 2.73. The van der Waals surface area contributed by atoms with Crippen LogP contribution in [-0.2, 0) is 14.9 Å². The molecule has 0 aromatic rings. The Hall–Kier alpha value is -0.170. The lowest BCUT2D eigenvalue weighted by atomic mass is 10.4. The Bertz CT molecular complexity index is 270. The van der Waals surface area contributed by atoms with E-state index in [-0.39, 0.29) is 6.04 Å². The van der Waals surface area contributed by atoms with Crippen molar-refractivity contribution in [1.82, 2.24) is 8.61 Å². The van der Waals surface area contributed by atoms with Gasteiger partial charge < -0.3 is 4.74 Å². The molecule has 0 spiro atoms. The molecule has 0 N–H and O–H groups in total. The Balaban J connectivity index is 2.73. The molecular weight excluding hydrogens is 204 g/mol. The summed E-state index contributed by atoms with van der Waals surface area (Å²) in [5, 5.41) is 0. The topological polar surface area (TPSA) is 49.9 Å². The van der Waals surface area contributed by atoms with Crippen molar-refractivity contribution in [2.45, 2.75) is 19.9 Å². The van der Waals surface area contributed by atoms with E-state index in [9.17, 15) is 8.42 Å². The SMILES string of the molecule is CC(C)N(C)S(=O)(=O)N1CCOCC1. The molecule has 1 fully saturated rings. The lowest BCUT2D eigenvalue weighted by Crippen LogP contribution is -2.49. The lowest BCUT2D eigenvalue weighted by Gasteiger charge is -2.31. The Labute approximate surface area is 85.8 Å². The Morgan fingerprint density at radius 2 is 1.79 bits per heavy atom. The zero-order valence-corrected chi connectivity index (χ0v) is 9.75. The van der Waals surface area contributed by atoms with Crippen molar-refractivity contribution in [2.75, 3.05) is 33.4 Å². The molecule has 0 aromatic carbocycles. The summed E-state index contributed by atoms with van der Waals surface area (Å²) in [5.41, 5.74) is 0. The van der Waals surface area contributed by atoms with Gasteiger partial charge in [-0.2, -0.15) is 17.0 Å². The first-order valence-electron chi connectivity index (χ1n) is 4.77. The number of hydrogen-bond acceptors (Lipinski definition) is 3. The van der Waals surface area contributed by atoms with Gasteiger partial charge in [0.2, 0.25) is 0 Å². The summed E-state index contributed by atoms with van der Waals surface area (Å²) in [6.45, 7) is 5.62. The first-order chi connectivity index (χ1) is 6.46. The van der Waals surface area contributed by atoms with Gasteiger partial charge in [-0.3, -0.25) is 0 Å². The standard InChI is InChI=1S/C8H18N2O3S/c1-8(2)9(3)14(11,12)10-4-6-13-7-5-10/h8H,4-7H2,1-3H3. The number of ether oxygens (including phenoxy) is 1. The van der Waals surface area contributed by atoms with Gasteiger partial charge in [-0.15, -0.1) is 0 Å². The van der Waals surface area contributed by atoms with Crippen LogP contribution in [0.5, 0.6) is 0 Å². The van der Waals surface area contributed by atoms with E-state index in [1.54, 1.807) is 7.05 Å². The highest BCUT2D eigenvalue weighted by atomic mass is 32.2. The zero-order chi connectivity index (χ0) is 10.8. The minimum atomic E-state index is -3.27. The molecule has 1 rings (SSSR count). The Kier molecular flexibility index (Phi) is 3.88. The summed E-state index contributed by atoms with van der Waals surface area (Å²) < 4.78 is 31.8. The van der Waals surface area contributed by atoms with Gasteiger partial charge in [-0.1, -0.05) is 0 Å². The Morgan fingerprint density at radius 1 is 1.29 bits per heavy atom. The number of rotatable bonds is 3. The molecule has 0 bridgehead atoms. The van der Waals surface area contributed by atoms with Gasteiger partial charge in [0.15, 0.2) is 0 Å². The summed E-state index contributed by atoms with van der Waals surface area (Å²) in [5.74, 6) is 0. The van der Waals surface area contributed by atoms with Crippen LogP contribution in [0.25, 0.3) is 0 Å². The zero-order valence-electron chi connectivity index (χ0n) is 8.93. The van der Waals surface area contributed by atoms with Crippen LogP contribution < -0.4 is 0 Å². The van der Waals surface area contributed by atoms with Crippen LogP contribution in [-0.4, -0.2) is 56.4 Å². The van der Waals surface area contributed by atoms with E-state index in [1.165, 1.54) is 8.61 Å². The summed E-state index contributed by atoms with van der Waals surface area (Å²) in [6.07, 6.45) is 0. The van der Waals surface area contributed by atoms with Crippen LogP contribution in [0.3, 0.4) is 0 Å². The summed E-state index contributed by atoms with van der Waals surface area (Å²) in [6, 6.07) is -0.0113. The van der Waals surface area contributed by atoms with Crippen molar-refractivity contribution in [2.24, 2.45) is 0 Å². The molecule has 84 valence electrons. The van der Waals surface area contributed by atoms with Gasteiger partial charge in [0, 0.05) is 26.2 Å². The van der Waals surface area contributed by atoms with E-state index in [0.717, 1.165) is 0 Å². The maximum absolute atomic E-state index is 11.9. The third-order valence-electron chi connectivity index (χ3n) is 2.39. The molecule has 0 radical (unpaired) electrons. The molecule has 14 heavy (non-hydrogen) atoms. The Morgan fingerprint density at radius 3 is 2.21 bits per heavy atom. The number of nitrogens with zero attached hydrogens (tertiary/aromatic N) is 2. The average molecular weight is 222 g/mol. The van der Waals surface area contributed by atoms with E-state index in [2.05, 4.69) is 0 Å². The predicted molar refractivity (Wildman–Crippen MR) is 54.2 cm³/mol. The molecule has 1 aliphatic rings. The highest BCUT2D eigenvalue weighted by Crippen LogP contribution is 2.11. The van der Waals surface area contributed by atoms with Gasteiger partial charge in [0.25, 0.3) is 10.2 Å². The average Bonchev–Trinajstić information content (AvgIpc) is 2.18. The lowest BCUT2D eigenvalue weighted by molar-refractivity contribution is 0.0701. The van der Waals surface area contributed by atoms with E-state index in [0.29, 0.717) is 26.3 Å². The van der Waals surface area contributed by atoms with Gasteiger partial charge in [-0.25, -0.2) is 0 Å². The molecule has 0 amide bonds. The van der Waals surface area contributed by atoms with Crippen molar-refractivity contribution < 1.29 is 13.2 Å². The van der Waals surface area contributed by atoms with Crippen LogP contribution in [0.4, 0.5) is 0 Å². The largest absolute Gasteiger partial charge is 0.379 e. The highest BCUT2D eigenvalue weighted by molar-refractivity contribution is 7.86. The molecule has 6 heteroatoms.